The lowest BCUT2D eigenvalue weighted by atomic mass is 9.74. The Kier molecular flexibility index (Phi) is 9.23. The average molecular weight is 374 g/mol. The summed E-state index contributed by atoms with van der Waals surface area (Å²) in [6, 6.07) is 0.715. The van der Waals surface area contributed by atoms with Gasteiger partial charge in [0, 0.05) is 6.04 Å². The normalized spacial score (nSPS) is 30.7. The molecule has 1 nitrogen and oxygen atoms in total. The molecule has 0 saturated heterocycles. The highest BCUT2D eigenvalue weighted by molar-refractivity contribution is 5.32. The van der Waals surface area contributed by atoms with Gasteiger partial charge in [-0.15, -0.1) is 0 Å². The molecular formula is C26H47N. The number of hydrogen-bond acceptors (Lipinski definition) is 1. The fraction of sp³-hybridized carbons (Fsp3) is 0.923. The van der Waals surface area contributed by atoms with E-state index in [1.165, 1.54) is 109 Å². The Bertz CT molecular complexity index is 443. The summed E-state index contributed by atoms with van der Waals surface area (Å²) in [4.78, 5) is 0. The Balaban J connectivity index is 1.39. The first kappa shape index (κ1) is 21.4. The molecule has 3 unspecified atom stereocenters. The molecule has 1 heteroatoms. The third-order valence-corrected chi connectivity index (χ3v) is 8.10. The van der Waals surface area contributed by atoms with E-state index in [1.807, 2.05) is 5.57 Å². The SMILES string of the molecule is CCCCCCNC1CC(C2CCCC(CC3CCCCCC3)CC2)=C1C. The lowest BCUT2D eigenvalue weighted by molar-refractivity contribution is 0.311. The minimum absolute atomic E-state index is 0.715. The predicted molar refractivity (Wildman–Crippen MR) is 119 cm³/mol. The molecule has 156 valence electrons. The zero-order valence-corrected chi connectivity index (χ0v) is 18.5. The zero-order valence-electron chi connectivity index (χ0n) is 18.5. The topological polar surface area (TPSA) is 12.0 Å². The Morgan fingerprint density at radius 2 is 1.52 bits per heavy atom. The van der Waals surface area contributed by atoms with E-state index in [2.05, 4.69) is 19.2 Å². The molecule has 2 fully saturated rings. The van der Waals surface area contributed by atoms with Crippen LogP contribution >= 0.6 is 0 Å². The first-order valence-electron chi connectivity index (χ1n) is 12.7. The highest BCUT2D eigenvalue weighted by Crippen LogP contribution is 2.42. The van der Waals surface area contributed by atoms with Crippen LogP contribution in [0.15, 0.2) is 11.1 Å². The molecule has 3 aliphatic carbocycles. The van der Waals surface area contributed by atoms with Crippen LogP contribution in [-0.2, 0) is 0 Å². The van der Waals surface area contributed by atoms with E-state index in [9.17, 15) is 0 Å². The van der Waals surface area contributed by atoms with Gasteiger partial charge in [-0.25, -0.2) is 0 Å². The van der Waals surface area contributed by atoms with Crippen LogP contribution in [0.25, 0.3) is 0 Å². The molecule has 0 aromatic rings. The molecule has 0 radical (unpaired) electrons. The molecule has 3 aliphatic rings. The van der Waals surface area contributed by atoms with E-state index < -0.39 is 0 Å². The monoisotopic (exact) mass is 373 g/mol. The van der Waals surface area contributed by atoms with Crippen LogP contribution in [0.1, 0.15) is 123 Å². The number of rotatable bonds is 9. The Morgan fingerprint density at radius 3 is 2.26 bits per heavy atom. The quantitative estimate of drug-likeness (QED) is 0.247. The molecule has 0 bridgehead atoms. The molecule has 0 aromatic heterocycles. The van der Waals surface area contributed by atoms with Crippen molar-refractivity contribution < 1.29 is 0 Å². The van der Waals surface area contributed by atoms with E-state index in [0.29, 0.717) is 6.04 Å². The molecule has 27 heavy (non-hydrogen) atoms. The van der Waals surface area contributed by atoms with Crippen LogP contribution in [0.2, 0.25) is 0 Å². The first-order chi connectivity index (χ1) is 13.3. The van der Waals surface area contributed by atoms with Gasteiger partial charge in [-0.2, -0.15) is 0 Å². The van der Waals surface area contributed by atoms with Crippen molar-refractivity contribution in [2.24, 2.45) is 17.8 Å². The fourth-order valence-electron chi connectivity index (χ4n) is 6.20. The second-order valence-corrected chi connectivity index (χ2v) is 10.1. The Morgan fingerprint density at radius 1 is 0.778 bits per heavy atom. The van der Waals surface area contributed by atoms with Gasteiger partial charge in [0.2, 0.25) is 0 Å². The summed E-state index contributed by atoms with van der Waals surface area (Å²) >= 11 is 0. The van der Waals surface area contributed by atoms with Gasteiger partial charge in [-0.05, 0) is 69.7 Å². The largest absolute Gasteiger partial charge is 0.310 e. The van der Waals surface area contributed by atoms with E-state index in [0.717, 1.165) is 17.8 Å². The van der Waals surface area contributed by atoms with Crippen LogP contribution in [0.4, 0.5) is 0 Å². The highest BCUT2D eigenvalue weighted by atomic mass is 14.9. The summed E-state index contributed by atoms with van der Waals surface area (Å²) in [6.45, 7) is 5.95. The molecule has 0 heterocycles. The maximum absolute atomic E-state index is 3.82. The van der Waals surface area contributed by atoms with Crippen molar-refractivity contribution in [2.75, 3.05) is 6.54 Å². The van der Waals surface area contributed by atoms with Crippen LogP contribution in [0.5, 0.6) is 0 Å². The van der Waals surface area contributed by atoms with Crippen molar-refractivity contribution in [1.82, 2.24) is 5.32 Å². The molecule has 2 saturated carbocycles. The third kappa shape index (κ3) is 6.62. The lowest BCUT2D eigenvalue weighted by Crippen LogP contribution is -2.39. The van der Waals surface area contributed by atoms with Gasteiger partial charge in [0.05, 0.1) is 0 Å². The van der Waals surface area contributed by atoms with Crippen molar-refractivity contribution in [3.63, 3.8) is 0 Å². The summed E-state index contributed by atoms with van der Waals surface area (Å²) in [7, 11) is 0. The summed E-state index contributed by atoms with van der Waals surface area (Å²) in [5.74, 6) is 3.05. The van der Waals surface area contributed by atoms with Gasteiger partial charge in [0.25, 0.3) is 0 Å². The molecule has 0 aliphatic heterocycles. The van der Waals surface area contributed by atoms with Crippen LogP contribution in [0.3, 0.4) is 0 Å². The van der Waals surface area contributed by atoms with E-state index in [-0.39, 0.29) is 0 Å². The number of hydrogen-bond donors (Lipinski definition) is 1. The average Bonchev–Trinajstić information content (AvgIpc) is 3.06. The van der Waals surface area contributed by atoms with Gasteiger partial charge < -0.3 is 5.32 Å². The van der Waals surface area contributed by atoms with Gasteiger partial charge in [-0.3, -0.25) is 0 Å². The lowest BCUT2D eigenvalue weighted by Gasteiger charge is -2.37. The molecule has 0 aromatic carbocycles. The summed E-state index contributed by atoms with van der Waals surface area (Å²) in [6.07, 6.45) is 25.1. The maximum atomic E-state index is 3.82. The minimum Gasteiger partial charge on any atom is -0.310 e. The smallest absolute Gasteiger partial charge is 0.0317 e. The molecule has 3 atom stereocenters. The minimum atomic E-state index is 0.715. The second-order valence-electron chi connectivity index (χ2n) is 10.1. The van der Waals surface area contributed by atoms with E-state index in [4.69, 9.17) is 0 Å². The predicted octanol–water partition coefficient (Wildman–Crippen LogP) is 7.80. The van der Waals surface area contributed by atoms with Gasteiger partial charge >= 0.3 is 0 Å². The highest BCUT2D eigenvalue weighted by Gasteiger charge is 2.32. The standard InChI is InChI=1S/C26H47N/c1-3-4-5-10-18-27-26-20-25(21(26)2)24-15-11-14-23(16-17-24)19-22-12-8-6-7-9-13-22/h22-24,26-27H,3-20H2,1-2H3. The van der Waals surface area contributed by atoms with Crippen LogP contribution in [0, 0.1) is 17.8 Å². The van der Waals surface area contributed by atoms with Crippen molar-refractivity contribution in [1.29, 1.82) is 0 Å². The molecule has 3 rings (SSSR count). The number of nitrogens with one attached hydrogen (secondary N) is 1. The van der Waals surface area contributed by atoms with Crippen molar-refractivity contribution in [2.45, 2.75) is 129 Å². The third-order valence-electron chi connectivity index (χ3n) is 8.10. The first-order valence-corrected chi connectivity index (χ1v) is 12.7. The van der Waals surface area contributed by atoms with Gasteiger partial charge in [0.1, 0.15) is 0 Å². The van der Waals surface area contributed by atoms with Gasteiger partial charge in [0.15, 0.2) is 0 Å². The Hall–Kier alpha value is -0.300. The second kappa shape index (κ2) is 11.6. The molecular weight excluding hydrogens is 326 g/mol. The number of unbranched alkanes of at least 4 members (excludes halogenated alkanes) is 3. The molecule has 1 N–H and O–H groups in total. The summed E-state index contributed by atoms with van der Waals surface area (Å²) < 4.78 is 0. The van der Waals surface area contributed by atoms with E-state index >= 15 is 0 Å². The van der Waals surface area contributed by atoms with E-state index in [1.54, 1.807) is 12.0 Å². The molecule has 0 spiro atoms. The molecule has 0 amide bonds. The van der Waals surface area contributed by atoms with Gasteiger partial charge in [-0.1, -0.05) is 88.7 Å². The van der Waals surface area contributed by atoms with Crippen LogP contribution < -0.4 is 5.32 Å². The van der Waals surface area contributed by atoms with Crippen molar-refractivity contribution in [3.8, 4) is 0 Å². The Labute approximate surface area is 170 Å². The fourth-order valence-corrected chi connectivity index (χ4v) is 6.20. The maximum Gasteiger partial charge on any atom is 0.0317 e. The van der Waals surface area contributed by atoms with Crippen molar-refractivity contribution in [3.05, 3.63) is 11.1 Å². The van der Waals surface area contributed by atoms with Crippen LogP contribution in [-0.4, -0.2) is 12.6 Å². The summed E-state index contributed by atoms with van der Waals surface area (Å²) in [5.41, 5.74) is 3.58. The summed E-state index contributed by atoms with van der Waals surface area (Å²) in [5, 5.41) is 3.82. The van der Waals surface area contributed by atoms with Crippen molar-refractivity contribution >= 4 is 0 Å². The zero-order chi connectivity index (χ0) is 18.9.